The number of pyridine rings is 1. The average Bonchev–Trinajstić information content (AvgIpc) is 2.78. The lowest BCUT2D eigenvalue weighted by Crippen LogP contribution is -2.46. The third kappa shape index (κ3) is 4.95. The molecule has 2 aliphatic rings. The Bertz CT molecular complexity index is 973. The Balaban J connectivity index is 1.25. The van der Waals surface area contributed by atoms with E-state index in [9.17, 15) is 22.8 Å². The molecule has 0 atom stereocenters. The normalized spacial score (nSPS) is 17.0. The van der Waals surface area contributed by atoms with Gasteiger partial charge in [0.15, 0.2) is 6.61 Å². The van der Waals surface area contributed by atoms with E-state index < -0.39 is 11.7 Å². The number of carbonyl (C=O) groups is 2. The van der Waals surface area contributed by atoms with E-state index >= 15 is 0 Å². The molecule has 7 nitrogen and oxygen atoms in total. The number of benzene rings is 1. The zero-order valence-corrected chi connectivity index (χ0v) is 17.3. The van der Waals surface area contributed by atoms with Gasteiger partial charge in [-0.15, -0.1) is 0 Å². The van der Waals surface area contributed by atoms with Crippen molar-refractivity contribution in [3.63, 3.8) is 0 Å². The Morgan fingerprint density at radius 2 is 1.91 bits per heavy atom. The Morgan fingerprint density at radius 3 is 2.59 bits per heavy atom. The molecule has 0 radical (unpaired) electrons. The molecule has 1 aromatic heterocycles. The molecule has 0 bridgehead atoms. The number of fused-ring (bicyclic) bond motifs is 1. The molecular formula is C22H23F3N4O3. The number of anilines is 2. The molecule has 1 N–H and O–H groups in total. The summed E-state index contributed by atoms with van der Waals surface area (Å²) in [6.07, 6.45) is -2.08. The maximum atomic E-state index is 12.7. The molecule has 32 heavy (non-hydrogen) atoms. The number of aromatic nitrogens is 1. The summed E-state index contributed by atoms with van der Waals surface area (Å²) in [5, 5.41) is 2.99. The third-order valence-corrected chi connectivity index (χ3v) is 5.63. The molecule has 0 unspecified atom stereocenters. The van der Waals surface area contributed by atoms with Gasteiger partial charge in [-0.05, 0) is 37.1 Å². The smallest absolute Gasteiger partial charge is 0.417 e. The van der Waals surface area contributed by atoms with Crippen molar-refractivity contribution in [2.45, 2.75) is 31.5 Å². The van der Waals surface area contributed by atoms with E-state index in [4.69, 9.17) is 4.74 Å². The number of amides is 2. The maximum Gasteiger partial charge on any atom is 0.417 e. The monoisotopic (exact) mass is 448 g/mol. The van der Waals surface area contributed by atoms with Gasteiger partial charge in [-0.25, -0.2) is 4.98 Å². The molecule has 3 heterocycles. The molecule has 0 spiro atoms. The minimum Gasteiger partial charge on any atom is -0.482 e. The van der Waals surface area contributed by atoms with Gasteiger partial charge in [-0.3, -0.25) is 9.59 Å². The van der Waals surface area contributed by atoms with Crippen molar-refractivity contribution in [1.82, 2.24) is 10.3 Å². The predicted molar refractivity (Wildman–Crippen MR) is 112 cm³/mol. The van der Waals surface area contributed by atoms with Gasteiger partial charge in [-0.2, -0.15) is 13.2 Å². The van der Waals surface area contributed by atoms with Crippen LogP contribution < -0.4 is 19.9 Å². The quantitative estimate of drug-likeness (QED) is 0.761. The van der Waals surface area contributed by atoms with E-state index in [-0.39, 0.29) is 37.4 Å². The number of hydrogen-bond acceptors (Lipinski definition) is 5. The molecule has 2 aliphatic heterocycles. The molecule has 4 rings (SSSR count). The second-order valence-electron chi connectivity index (χ2n) is 7.78. The van der Waals surface area contributed by atoms with Gasteiger partial charge in [0.2, 0.25) is 5.91 Å². The van der Waals surface area contributed by atoms with E-state index in [2.05, 4.69) is 10.3 Å². The first-order valence-electron chi connectivity index (χ1n) is 10.4. The minimum atomic E-state index is -4.41. The van der Waals surface area contributed by atoms with Crippen LogP contribution >= 0.6 is 0 Å². The zero-order valence-electron chi connectivity index (χ0n) is 17.3. The highest BCUT2D eigenvalue weighted by Crippen LogP contribution is 2.32. The van der Waals surface area contributed by atoms with Crippen LogP contribution in [0, 0.1) is 0 Å². The van der Waals surface area contributed by atoms with E-state index in [1.54, 1.807) is 17.0 Å². The highest BCUT2D eigenvalue weighted by Gasteiger charge is 2.31. The van der Waals surface area contributed by atoms with Gasteiger partial charge in [0.05, 0.1) is 11.3 Å². The fourth-order valence-corrected chi connectivity index (χ4v) is 3.91. The van der Waals surface area contributed by atoms with Gasteiger partial charge in [-0.1, -0.05) is 12.1 Å². The third-order valence-electron chi connectivity index (χ3n) is 5.63. The van der Waals surface area contributed by atoms with Crippen molar-refractivity contribution < 1.29 is 27.5 Å². The molecule has 2 aromatic rings. The molecule has 1 fully saturated rings. The Morgan fingerprint density at radius 1 is 1.16 bits per heavy atom. The van der Waals surface area contributed by atoms with Crippen LogP contribution in [0.3, 0.4) is 0 Å². The number of piperidine rings is 1. The van der Waals surface area contributed by atoms with Gasteiger partial charge < -0.3 is 19.9 Å². The summed E-state index contributed by atoms with van der Waals surface area (Å²) in [7, 11) is 0. The summed E-state index contributed by atoms with van der Waals surface area (Å²) >= 11 is 0. The Labute approximate surface area is 183 Å². The van der Waals surface area contributed by atoms with Gasteiger partial charge in [0.1, 0.15) is 11.6 Å². The van der Waals surface area contributed by atoms with E-state index in [1.807, 2.05) is 17.0 Å². The minimum absolute atomic E-state index is 0.0270. The van der Waals surface area contributed by atoms with Crippen molar-refractivity contribution in [2.75, 3.05) is 36.0 Å². The zero-order chi connectivity index (χ0) is 22.7. The largest absolute Gasteiger partial charge is 0.482 e. The lowest BCUT2D eigenvalue weighted by molar-refractivity contribution is -0.137. The molecule has 170 valence electrons. The van der Waals surface area contributed by atoms with Crippen LogP contribution in [0.4, 0.5) is 24.7 Å². The highest BCUT2D eigenvalue weighted by atomic mass is 19.4. The Kier molecular flexibility index (Phi) is 6.20. The number of nitrogens with one attached hydrogen (secondary N) is 1. The standard InChI is InChI=1S/C22H23F3N4O3/c23-22(24,25)15-5-6-19(26-13-15)28-10-7-16(8-11-28)27-20(30)9-12-29-17-3-1-2-4-18(17)32-14-21(29)31/h1-6,13,16H,7-12,14H2,(H,27,30). The number of alkyl halides is 3. The SMILES string of the molecule is O=C(CCN1C(=O)COc2ccccc21)NC1CCN(c2ccc(C(F)(F)F)cn2)CC1. The molecule has 0 aliphatic carbocycles. The van der Waals surface area contributed by atoms with Crippen molar-refractivity contribution >= 4 is 23.3 Å². The van der Waals surface area contributed by atoms with E-state index in [1.165, 1.54) is 6.07 Å². The number of para-hydroxylation sites is 2. The Hall–Kier alpha value is -3.30. The number of carbonyl (C=O) groups excluding carboxylic acids is 2. The first-order valence-corrected chi connectivity index (χ1v) is 10.4. The number of nitrogens with zero attached hydrogens (tertiary/aromatic N) is 3. The second kappa shape index (κ2) is 9.05. The van der Waals surface area contributed by atoms with Crippen molar-refractivity contribution in [2.24, 2.45) is 0 Å². The topological polar surface area (TPSA) is 74.8 Å². The lowest BCUT2D eigenvalue weighted by Gasteiger charge is -2.33. The van der Waals surface area contributed by atoms with Crippen molar-refractivity contribution in [1.29, 1.82) is 0 Å². The van der Waals surface area contributed by atoms with Gasteiger partial charge in [0, 0.05) is 38.3 Å². The lowest BCUT2D eigenvalue weighted by atomic mass is 10.0. The van der Waals surface area contributed by atoms with Gasteiger partial charge in [0.25, 0.3) is 5.91 Å². The molecule has 10 heteroatoms. The number of halogens is 3. The van der Waals surface area contributed by atoms with Gasteiger partial charge >= 0.3 is 6.18 Å². The van der Waals surface area contributed by atoms with Crippen LogP contribution in [0.15, 0.2) is 42.6 Å². The summed E-state index contributed by atoms with van der Waals surface area (Å²) in [4.78, 5) is 32.1. The summed E-state index contributed by atoms with van der Waals surface area (Å²) in [5.41, 5.74) is -0.112. The molecule has 0 saturated carbocycles. The fraction of sp³-hybridized carbons (Fsp3) is 0.409. The number of ether oxygens (including phenoxy) is 1. The summed E-state index contributed by atoms with van der Waals surface area (Å²) < 4.78 is 43.5. The van der Waals surface area contributed by atoms with Crippen LogP contribution in [-0.2, 0) is 15.8 Å². The molecule has 1 aromatic carbocycles. The van der Waals surface area contributed by atoms with Crippen LogP contribution in [0.2, 0.25) is 0 Å². The predicted octanol–water partition coefficient (Wildman–Crippen LogP) is 3.00. The van der Waals surface area contributed by atoms with Crippen LogP contribution in [0.1, 0.15) is 24.8 Å². The van der Waals surface area contributed by atoms with Crippen LogP contribution in [-0.4, -0.2) is 49.1 Å². The highest BCUT2D eigenvalue weighted by molar-refractivity contribution is 5.98. The molecule has 1 saturated heterocycles. The fourth-order valence-electron chi connectivity index (χ4n) is 3.91. The first kappa shape index (κ1) is 21.9. The van der Waals surface area contributed by atoms with E-state index in [0.717, 1.165) is 12.3 Å². The summed E-state index contributed by atoms with van der Waals surface area (Å²) in [5.74, 6) is 0.783. The summed E-state index contributed by atoms with van der Waals surface area (Å²) in [6.45, 7) is 1.38. The maximum absolute atomic E-state index is 12.7. The number of rotatable bonds is 5. The van der Waals surface area contributed by atoms with Crippen LogP contribution in [0.5, 0.6) is 5.75 Å². The number of hydrogen-bond donors (Lipinski definition) is 1. The van der Waals surface area contributed by atoms with Crippen molar-refractivity contribution in [3.8, 4) is 5.75 Å². The summed E-state index contributed by atoms with van der Waals surface area (Å²) in [6, 6.07) is 9.59. The van der Waals surface area contributed by atoms with E-state index in [0.29, 0.717) is 43.2 Å². The average molecular weight is 448 g/mol. The van der Waals surface area contributed by atoms with Crippen LogP contribution in [0.25, 0.3) is 0 Å². The molecule has 2 amide bonds. The van der Waals surface area contributed by atoms with Crippen molar-refractivity contribution in [3.05, 3.63) is 48.2 Å². The molecular weight excluding hydrogens is 425 g/mol. The first-order chi connectivity index (χ1) is 15.3. The second-order valence-corrected chi connectivity index (χ2v) is 7.78.